The van der Waals surface area contributed by atoms with Crippen molar-refractivity contribution < 1.29 is 18.3 Å². The number of nitrogens with one attached hydrogen (secondary N) is 2. The van der Waals surface area contributed by atoms with Gasteiger partial charge in [-0.05, 0) is 47.5 Å². The summed E-state index contributed by atoms with van der Waals surface area (Å²) in [4.78, 5) is 16.4. The van der Waals surface area contributed by atoms with Crippen molar-refractivity contribution in [2.45, 2.75) is 23.9 Å². The van der Waals surface area contributed by atoms with Crippen molar-refractivity contribution in [2.24, 2.45) is 0 Å². The zero-order valence-electron chi connectivity index (χ0n) is 15.3. The Morgan fingerprint density at radius 3 is 2.59 bits per heavy atom. The summed E-state index contributed by atoms with van der Waals surface area (Å²) in [7, 11) is 0. The number of amides is 2. The zero-order chi connectivity index (χ0) is 20.5. The van der Waals surface area contributed by atoms with Crippen molar-refractivity contribution in [3.8, 4) is 5.75 Å². The number of thioether (sulfide) groups is 1. The number of rotatable bonds is 8. The molecule has 2 aromatic carbocycles. The van der Waals surface area contributed by atoms with Crippen LogP contribution in [0.2, 0.25) is 0 Å². The van der Waals surface area contributed by atoms with Crippen LogP contribution in [-0.2, 0) is 12.3 Å². The lowest BCUT2D eigenvalue weighted by Gasteiger charge is -2.10. The van der Waals surface area contributed by atoms with Crippen LogP contribution >= 0.6 is 11.8 Å². The minimum atomic E-state index is -2.86. The Labute approximate surface area is 171 Å². The van der Waals surface area contributed by atoms with Crippen molar-refractivity contribution in [2.75, 3.05) is 5.32 Å². The summed E-state index contributed by atoms with van der Waals surface area (Å²) in [5.74, 6) is 0.815. The summed E-state index contributed by atoms with van der Waals surface area (Å²) in [6.45, 7) is -2.60. The number of anilines is 1. The molecular formula is C21H19F2N3O2S. The molecule has 0 bridgehead atoms. The summed E-state index contributed by atoms with van der Waals surface area (Å²) in [5.41, 5.74) is 2.51. The molecule has 2 N–H and O–H groups in total. The molecule has 8 heteroatoms. The second-order valence-electron chi connectivity index (χ2n) is 5.99. The van der Waals surface area contributed by atoms with Crippen molar-refractivity contribution in [3.05, 3.63) is 84.1 Å². The van der Waals surface area contributed by atoms with Gasteiger partial charge in [0, 0.05) is 24.2 Å². The molecule has 0 fully saturated rings. The number of urea groups is 1. The molecule has 150 valence electrons. The lowest BCUT2D eigenvalue weighted by Crippen LogP contribution is -2.28. The molecule has 5 nitrogen and oxygen atoms in total. The molecule has 2 amide bonds. The Hall–Kier alpha value is -3.13. The topological polar surface area (TPSA) is 63.2 Å². The van der Waals surface area contributed by atoms with Gasteiger partial charge in [0.1, 0.15) is 5.75 Å². The fourth-order valence-corrected chi connectivity index (χ4v) is 3.28. The summed E-state index contributed by atoms with van der Waals surface area (Å²) in [6, 6.07) is 19.1. The van der Waals surface area contributed by atoms with Gasteiger partial charge in [0.25, 0.3) is 0 Å². The van der Waals surface area contributed by atoms with Gasteiger partial charge in [-0.1, -0.05) is 30.3 Å². The van der Waals surface area contributed by atoms with E-state index in [2.05, 4.69) is 20.4 Å². The molecule has 0 aliphatic carbocycles. The Bertz CT molecular complexity index is 925. The molecule has 3 aromatic rings. The second kappa shape index (κ2) is 10.4. The number of benzene rings is 2. The maximum Gasteiger partial charge on any atom is 0.387 e. The summed E-state index contributed by atoms with van der Waals surface area (Å²) in [5, 5.41) is 6.46. The lowest BCUT2D eigenvalue weighted by molar-refractivity contribution is -0.0498. The first kappa shape index (κ1) is 20.6. The van der Waals surface area contributed by atoms with Gasteiger partial charge in [-0.3, -0.25) is 0 Å². The third-order valence-electron chi connectivity index (χ3n) is 3.81. The van der Waals surface area contributed by atoms with Gasteiger partial charge in [-0.25, -0.2) is 9.78 Å². The first-order valence-corrected chi connectivity index (χ1v) is 9.78. The summed E-state index contributed by atoms with van der Waals surface area (Å²) >= 11 is 1.62. The fourth-order valence-electron chi connectivity index (χ4n) is 2.47. The van der Waals surface area contributed by atoms with Crippen LogP contribution in [0.3, 0.4) is 0 Å². The molecule has 0 unspecified atom stereocenters. The lowest BCUT2D eigenvalue weighted by atomic mass is 10.2. The molecule has 0 aliphatic rings. The number of hydrogen-bond acceptors (Lipinski definition) is 4. The quantitative estimate of drug-likeness (QED) is 0.490. The van der Waals surface area contributed by atoms with Gasteiger partial charge in [-0.2, -0.15) is 8.78 Å². The van der Waals surface area contributed by atoms with E-state index in [1.54, 1.807) is 30.1 Å². The highest BCUT2D eigenvalue weighted by molar-refractivity contribution is 7.98. The van der Waals surface area contributed by atoms with E-state index in [4.69, 9.17) is 0 Å². The first-order valence-electron chi connectivity index (χ1n) is 8.80. The van der Waals surface area contributed by atoms with E-state index in [9.17, 15) is 13.6 Å². The Kier molecular flexibility index (Phi) is 7.40. The molecular weight excluding hydrogens is 396 g/mol. The van der Waals surface area contributed by atoms with Gasteiger partial charge < -0.3 is 15.4 Å². The molecule has 1 aromatic heterocycles. The molecule has 29 heavy (non-hydrogen) atoms. The van der Waals surface area contributed by atoms with Crippen molar-refractivity contribution in [1.82, 2.24) is 10.3 Å². The van der Waals surface area contributed by atoms with E-state index in [1.807, 2.05) is 42.5 Å². The number of alkyl halides is 2. The van der Waals surface area contributed by atoms with Crippen molar-refractivity contribution in [3.63, 3.8) is 0 Å². The third kappa shape index (κ3) is 7.08. The fraction of sp³-hybridized carbons (Fsp3) is 0.143. The number of halogens is 2. The van der Waals surface area contributed by atoms with Crippen molar-refractivity contribution >= 4 is 23.5 Å². The van der Waals surface area contributed by atoms with Crippen LogP contribution in [0.4, 0.5) is 19.3 Å². The Morgan fingerprint density at radius 2 is 1.86 bits per heavy atom. The normalized spacial score (nSPS) is 10.6. The van der Waals surface area contributed by atoms with Crippen LogP contribution in [0.25, 0.3) is 0 Å². The first-order chi connectivity index (χ1) is 14.1. The maximum atomic E-state index is 12.2. The average Bonchev–Trinajstić information content (AvgIpc) is 2.72. The molecule has 1 heterocycles. The van der Waals surface area contributed by atoms with E-state index < -0.39 is 6.61 Å². The largest absolute Gasteiger partial charge is 0.435 e. The van der Waals surface area contributed by atoms with E-state index >= 15 is 0 Å². The SMILES string of the molecule is O=C(NCc1ccc(OC(F)F)cc1)Nc1cccc(CSc2ccccn2)c1. The van der Waals surface area contributed by atoms with E-state index in [1.165, 1.54) is 12.1 Å². The molecule has 0 saturated carbocycles. The predicted molar refractivity (Wildman–Crippen MR) is 109 cm³/mol. The van der Waals surface area contributed by atoms with Gasteiger partial charge in [0.05, 0.1) is 5.03 Å². The Balaban J connectivity index is 1.47. The average molecular weight is 415 g/mol. The molecule has 3 rings (SSSR count). The highest BCUT2D eigenvalue weighted by Gasteiger charge is 2.06. The van der Waals surface area contributed by atoms with E-state index in [0.717, 1.165) is 21.9 Å². The van der Waals surface area contributed by atoms with Crippen molar-refractivity contribution in [1.29, 1.82) is 0 Å². The monoisotopic (exact) mass is 415 g/mol. The molecule has 0 aliphatic heterocycles. The number of carbonyl (C=O) groups excluding carboxylic acids is 1. The highest BCUT2D eigenvalue weighted by Crippen LogP contribution is 2.22. The maximum absolute atomic E-state index is 12.2. The second-order valence-corrected chi connectivity index (χ2v) is 6.98. The van der Waals surface area contributed by atoms with Crippen LogP contribution in [0.1, 0.15) is 11.1 Å². The van der Waals surface area contributed by atoms with Crippen LogP contribution in [-0.4, -0.2) is 17.6 Å². The highest BCUT2D eigenvalue weighted by atomic mass is 32.2. The van der Waals surface area contributed by atoms with Crippen LogP contribution in [0.5, 0.6) is 5.75 Å². The molecule has 0 atom stereocenters. The van der Waals surface area contributed by atoms with E-state index in [0.29, 0.717) is 5.69 Å². The number of aromatic nitrogens is 1. The van der Waals surface area contributed by atoms with E-state index in [-0.39, 0.29) is 18.3 Å². The van der Waals surface area contributed by atoms with Gasteiger partial charge in [0.15, 0.2) is 0 Å². The Morgan fingerprint density at radius 1 is 1.03 bits per heavy atom. The van der Waals surface area contributed by atoms with Gasteiger partial charge in [-0.15, -0.1) is 11.8 Å². The minimum absolute atomic E-state index is 0.0774. The van der Waals surface area contributed by atoms with Crippen LogP contribution in [0.15, 0.2) is 78.0 Å². The standard InChI is InChI=1S/C21H19F2N3O2S/c22-20(23)28-18-9-7-15(8-10-18)13-25-21(27)26-17-5-3-4-16(12-17)14-29-19-6-1-2-11-24-19/h1-12,20H,13-14H2,(H2,25,26,27). The van der Waals surface area contributed by atoms with Gasteiger partial charge in [0.2, 0.25) is 0 Å². The smallest absolute Gasteiger partial charge is 0.387 e. The van der Waals surface area contributed by atoms with Crippen LogP contribution < -0.4 is 15.4 Å². The number of hydrogen-bond donors (Lipinski definition) is 2. The molecule has 0 saturated heterocycles. The predicted octanol–water partition coefficient (Wildman–Crippen LogP) is 5.30. The number of nitrogens with zero attached hydrogens (tertiary/aromatic N) is 1. The number of ether oxygens (including phenoxy) is 1. The third-order valence-corrected chi connectivity index (χ3v) is 4.83. The minimum Gasteiger partial charge on any atom is -0.435 e. The summed E-state index contributed by atoms with van der Waals surface area (Å²) < 4.78 is 28.6. The molecule has 0 spiro atoms. The number of pyridine rings is 1. The van der Waals surface area contributed by atoms with Crippen LogP contribution in [0, 0.1) is 0 Å². The molecule has 0 radical (unpaired) electrons. The number of carbonyl (C=O) groups is 1. The summed E-state index contributed by atoms with van der Waals surface area (Å²) in [6.07, 6.45) is 1.75. The zero-order valence-corrected chi connectivity index (χ0v) is 16.2. The van der Waals surface area contributed by atoms with Gasteiger partial charge >= 0.3 is 12.6 Å².